The summed E-state index contributed by atoms with van der Waals surface area (Å²) in [6.45, 7) is 1.84. The van der Waals surface area contributed by atoms with Gasteiger partial charge in [0, 0.05) is 0 Å². The molecule has 2 atom stereocenters. The highest BCUT2D eigenvalue weighted by Gasteiger charge is 2.14. The van der Waals surface area contributed by atoms with Gasteiger partial charge < -0.3 is 15.9 Å². The average Bonchev–Trinajstić information content (AvgIpc) is 2.04. The second kappa shape index (κ2) is 3.56. The molecule has 0 radical (unpaired) electrons. The number of phenols is 1. The zero-order valence-electron chi connectivity index (χ0n) is 7.07. The van der Waals surface area contributed by atoms with Crippen molar-refractivity contribution >= 4 is 0 Å². The fraction of sp³-hybridized carbons (Fsp3) is 0.333. The molecule has 12 heavy (non-hydrogen) atoms. The number of aromatic hydroxyl groups is 1. The van der Waals surface area contributed by atoms with Crippen LogP contribution in [0.15, 0.2) is 24.3 Å². The minimum absolute atomic E-state index is 0.0467. The van der Waals surface area contributed by atoms with E-state index in [0.717, 1.165) is 5.56 Å². The van der Waals surface area contributed by atoms with Gasteiger partial charge in [-0.25, -0.2) is 0 Å². The molecule has 5 N–H and O–H groups in total. The van der Waals surface area contributed by atoms with Crippen LogP contribution in [-0.4, -0.2) is 16.3 Å². The van der Waals surface area contributed by atoms with Gasteiger partial charge in [-0.2, -0.15) is 0 Å². The van der Waals surface area contributed by atoms with Gasteiger partial charge in [-0.05, 0) is 24.6 Å². The summed E-state index contributed by atoms with van der Waals surface area (Å²) in [5.41, 5.74) is 4.51. The third-order valence-electron chi connectivity index (χ3n) is 1.77. The number of benzene rings is 1. The van der Waals surface area contributed by atoms with E-state index < -0.39 is 6.10 Å². The van der Waals surface area contributed by atoms with Gasteiger partial charge >= 0.3 is 0 Å². The Morgan fingerprint density at radius 1 is 1.25 bits per heavy atom. The fourth-order valence-corrected chi connectivity index (χ4v) is 1.00. The Hall–Kier alpha value is -1.06. The quantitative estimate of drug-likeness (QED) is 0.584. The van der Waals surface area contributed by atoms with E-state index in [4.69, 9.17) is 5.11 Å². The van der Waals surface area contributed by atoms with Gasteiger partial charge in [0.15, 0.2) is 0 Å². The molecule has 0 bridgehead atoms. The van der Waals surface area contributed by atoms with E-state index in [9.17, 15) is 5.11 Å². The molecule has 0 heterocycles. The highest BCUT2D eigenvalue weighted by molar-refractivity contribution is 5.27. The standard InChI is InChI=1S/C9H13NO2/c1-6(10)9(12)7-2-4-8(11)5-3-7/h2-6,9,11-12H,10H2,1H3/p+1/t6?,9-/m0/s1. The van der Waals surface area contributed by atoms with Crippen LogP contribution >= 0.6 is 0 Å². The second-order valence-corrected chi connectivity index (χ2v) is 3.01. The number of aliphatic hydroxyl groups is 1. The molecule has 0 fully saturated rings. The van der Waals surface area contributed by atoms with Gasteiger partial charge in [-0.15, -0.1) is 0 Å². The molecule has 0 aliphatic rings. The summed E-state index contributed by atoms with van der Waals surface area (Å²) in [7, 11) is 0. The van der Waals surface area contributed by atoms with Crippen LogP contribution < -0.4 is 5.73 Å². The van der Waals surface area contributed by atoms with E-state index in [1.807, 2.05) is 6.92 Å². The molecule has 0 amide bonds. The lowest BCUT2D eigenvalue weighted by Crippen LogP contribution is -2.61. The largest absolute Gasteiger partial charge is 0.508 e. The molecule has 0 spiro atoms. The Labute approximate surface area is 71.5 Å². The van der Waals surface area contributed by atoms with Crippen molar-refractivity contribution in [2.45, 2.75) is 19.1 Å². The molecule has 66 valence electrons. The van der Waals surface area contributed by atoms with Gasteiger partial charge in [0.1, 0.15) is 17.9 Å². The Morgan fingerprint density at radius 2 is 1.75 bits per heavy atom. The third-order valence-corrected chi connectivity index (χ3v) is 1.77. The van der Waals surface area contributed by atoms with Crippen LogP contribution in [0.3, 0.4) is 0 Å². The number of aliphatic hydroxyl groups excluding tert-OH is 1. The summed E-state index contributed by atoms with van der Waals surface area (Å²) in [4.78, 5) is 0. The highest BCUT2D eigenvalue weighted by Crippen LogP contribution is 2.17. The molecule has 1 unspecified atom stereocenters. The Balaban J connectivity index is 2.82. The summed E-state index contributed by atoms with van der Waals surface area (Å²) in [6.07, 6.45) is -0.550. The molecular weight excluding hydrogens is 154 g/mol. The van der Waals surface area contributed by atoms with Gasteiger partial charge in [0.05, 0.1) is 0 Å². The zero-order chi connectivity index (χ0) is 9.14. The maximum absolute atomic E-state index is 9.54. The van der Waals surface area contributed by atoms with Crippen molar-refractivity contribution in [3.8, 4) is 5.75 Å². The lowest BCUT2D eigenvalue weighted by atomic mass is 10.0. The topological polar surface area (TPSA) is 68.1 Å². The number of phenolic OH excluding ortho intramolecular Hbond substituents is 1. The van der Waals surface area contributed by atoms with Crippen LogP contribution in [0.4, 0.5) is 0 Å². The van der Waals surface area contributed by atoms with Crippen molar-refractivity contribution in [1.82, 2.24) is 0 Å². The van der Waals surface area contributed by atoms with Crippen LogP contribution in [0, 0.1) is 0 Å². The molecule has 0 saturated carbocycles. The number of rotatable bonds is 2. The lowest BCUT2D eigenvalue weighted by Gasteiger charge is -2.11. The first-order valence-electron chi connectivity index (χ1n) is 3.91. The van der Waals surface area contributed by atoms with E-state index in [-0.39, 0.29) is 11.8 Å². The lowest BCUT2D eigenvalue weighted by molar-refractivity contribution is -0.433. The molecule has 3 heteroatoms. The summed E-state index contributed by atoms with van der Waals surface area (Å²) in [6, 6.07) is 6.46. The summed E-state index contributed by atoms with van der Waals surface area (Å²) >= 11 is 0. The molecule has 0 aromatic heterocycles. The van der Waals surface area contributed by atoms with Gasteiger partial charge in [-0.1, -0.05) is 12.1 Å². The maximum Gasteiger partial charge on any atom is 0.130 e. The van der Waals surface area contributed by atoms with Gasteiger partial charge in [0.2, 0.25) is 0 Å². The van der Waals surface area contributed by atoms with Crippen molar-refractivity contribution in [2.24, 2.45) is 0 Å². The van der Waals surface area contributed by atoms with Crippen LogP contribution in [0.5, 0.6) is 5.75 Å². The normalized spacial score (nSPS) is 15.6. The number of hydrogen-bond acceptors (Lipinski definition) is 2. The predicted octanol–water partition coefficient (Wildman–Crippen LogP) is 0.0560. The predicted molar refractivity (Wildman–Crippen MR) is 45.4 cm³/mol. The molecule has 1 aromatic carbocycles. The summed E-state index contributed by atoms with van der Waals surface area (Å²) in [5, 5.41) is 18.5. The van der Waals surface area contributed by atoms with E-state index in [0.29, 0.717) is 0 Å². The highest BCUT2D eigenvalue weighted by atomic mass is 16.3. The first-order chi connectivity index (χ1) is 5.61. The first-order valence-corrected chi connectivity index (χ1v) is 3.91. The Morgan fingerprint density at radius 3 is 2.17 bits per heavy atom. The van der Waals surface area contributed by atoms with Crippen LogP contribution in [0.1, 0.15) is 18.6 Å². The van der Waals surface area contributed by atoms with Crippen LogP contribution in [-0.2, 0) is 0 Å². The fourth-order valence-electron chi connectivity index (χ4n) is 1.00. The van der Waals surface area contributed by atoms with E-state index in [1.54, 1.807) is 24.3 Å². The van der Waals surface area contributed by atoms with Crippen molar-refractivity contribution in [3.63, 3.8) is 0 Å². The zero-order valence-corrected chi connectivity index (χ0v) is 7.07. The van der Waals surface area contributed by atoms with Crippen LogP contribution in [0.25, 0.3) is 0 Å². The van der Waals surface area contributed by atoms with Crippen molar-refractivity contribution in [1.29, 1.82) is 0 Å². The summed E-state index contributed by atoms with van der Waals surface area (Å²) < 4.78 is 0. The molecule has 3 nitrogen and oxygen atoms in total. The van der Waals surface area contributed by atoms with E-state index in [2.05, 4.69) is 5.73 Å². The maximum atomic E-state index is 9.54. The van der Waals surface area contributed by atoms with Crippen molar-refractivity contribution in [3.05, 3.63) is 29.8 Å². The number of hydrogen-bond donors (Lipinski definition) is 3. The van der Waals surface area contributed by atoms with Crippen molar-refractivity contribution in [2.75, 3.05) is 0 Å². The molecule has 0 aliphatic heterocycles. The van der Waals surface area contributed by atoms with E-state index >= 15 is 0 Å². The third kappa shape index (κ3) is 1.96. The van der Waals surface area contributed by atoms with E-state index in [1.165, 1.54) is 0 Å². The molecule has 1 rings (SSSR count). The van der Waals surface area contributed by atoms with Crippen molar-refractivity contribution < 1.29 is 15.9 Å². The molecular formula is C9H14NO2+. The molecule has 1 aromatic rings. The van der Waals surface area contributed by atoms with Gasteiger partial charge in [0.25, 0.3) is 0 Å². The minimum Gasteiger partial charge on any atom is -0.508 e. The molecule has 0 saturated heterocycles. The first kappa shape index (κ1) is 9.03. The van der Waals surface area contributed by atoms with Crippen LogP contribution in [0.2, 0.25) is 0 Å². The monoisotopic (exact) mass is 168 g/mol. The Kier molecular flexibility index (Phi) is 2.68. The number of quaternary nitrogens is 1. The minimum atomic E-state index is -0.550. The SMILES string of the molecule is CC([NH3+])[C@H](O)c1ccc(O)cc1. The summed E-state index contributed by atoms with van der Waals surface area (Å²) in [5.74, 6) is 0.211. The van der Waals surface area contributed by atoms with Gasteiger partial charge in [-0.3, -0.25) is 0 Å². The Bertz CT molecular complexity index is 243. The average molecular weight is 168 g/mol. The smallest absolute Gasteiger partial charge is 0.130 e. The second-order valence-electron chi connectivity index (χ2n) is 3.01. The molecule has 0 aliphatic carbocycles.